The Morgan fingerprint density at radius 2 is 1.61 bits per heavy atom. The number of fused-ring (bicyclic) bond motifs is 1. The first-order valence-corrected chi connectivity index (χ1v) is 6.46. The molecule has 18 heavy (non-hydrogen) atoms. The van der Waals surface area contributed by atoms with Gasteiger partial charge in [-0.2, -0.15) is 0 Å². The summed E-state index contributed by atoms with van der Waals surface area (Å²) in [5.74, 6) is 1.76. The molecule has 0 amide bonds. The van der Waals surface area contributed by atoms with Gasteiger partial charge in [0.25, 0.3) is 0 Å². The molecule has 0 radical (unpaired) electrons. The monoisotopic (exact) mass is 271 g/mol. The van der Waals surface area contributed by atoms with E-state index in [4.69, 9.17) is 9.47 Å². The van der Waals surface area contributed by atoms with E-state index in [-0.39, 0.29) is 12.4 Å². The molecule has 1 aliphatic heterocycles. The number of rotatable bonds is 5. The van der Waals surface area contributed by atoms with Crippen molar-refractivity contribution in [2.75, 3.05) is 26.4 Å². The standard InChI is InChI=1S/C14H22NO2.ClH/c1-4-15(5-2,6-3)10-12-7-8-13-14(9-12)17-11-16-13;/h7-9H,4-6,10-11H2,1-3H3;1H/q+1;/p-1. The molecule has 1 aromatic carbocycles. The molecule has 102 valence electrons. The number of ether oxygens (including phenoxy) is 2. The highest BCUT2D eigenvalue weighted by atomic mass is 35.5. The predicted octanol–water partition coefficient (Wildman–Crippen LogP) is -0.204. The molecule has 0 fully saturated rings. The van der Waals surface area contributed by atoms with Crippen LogP contribution in [0.3, 0.4) is 0 Å². The lowest BCUT2D eigenvalue weighted by Gasteiger charge is -2.35. The van der Waals surface area contributed by atoms with Gasteiger partial charge in [-0.1, -0.05) is 0 Å². The summed E-state index contributed by atoms with van der Waals surface area (Å²) in [6.45, 7) is 11.7. The minimum Gasteiger partial charge on any atom is -1.00 e. The van der Waals surface area contributed by atoms with Gasteiger partial charge < -0.3 is 26.4 Å². The zero-order valence-electron chi connectivity index (χ0n) is 11.4. The van der Waals surface area contributed by atoms with Crippen molar-refractivity contribution in [3.63, 3.8) is 0 Å². The fraction of sp³-hybridized carbons (Fsp3) is 0.571. The number of nitrogens with zero attached hydrogens (tertiary/aromatic N) is 1. The van der Waals surface area contributed by atoms with Crippen LogP contribution < -0.4 is 21.9 Å². The maximum absolute atomic E-state index is 5.43. The normalized spacial score (nSPS) is 13.3. The van der Waals surface area contributed by atoms with E-state index in [1.165, 1.54) is 25.2 Å². The first-order valence-electron chi connectivity index (χ1n) is 6.46. The summed E-state index contributed by atoms with van der Waals surface area (Å²) in [6, 6.07) is 6.30. The summed E-state index contributed by atoms with van der Waals surface area (Å²) < 4.78 is 11.9. The summed E-state index contributed by atoms with van der Waals surface area (Å²) in [5, 5.41) is 0. The van der Waals surface area contributed by atoms with E-state index >= 15 is 0 Å². The molecule has 0 N–H and O–H groups in total. The van der Waals surface area contributed by atoms with E-state index in [1.807, 2.05) is 6.07 Å². The molecule has 2 rings (SSSR count). The molecule has 0 saturated carbocycles. The third kappa shape index (κ3) is 2.90. The van der Waals surface area contributed by atoms with Crippen LogP contribution in [0.4, 0.5) is 0 Å². The Hall–Kier alpha value is -0.930. The van der Waals surface area contributed by atoms with Crippen LogP contribution in [-0.4, -0.2) is 30.9 Å². The molecule has 0 bridgehead atoms. The molecular formula is C14H22ClNO2. The Kier molecular flexibility index (Phi) is 5.29. The van der Waals surface area contributed by atoms with E-state index in [1.54, 1.807) is 0 Å². The van der Waals surface area contributed by atoms with E-state index in [0.29, 0.717) is 6.79 Å². The molecule has 3 nitrogen and oxygen atoms in total. The smallest absolute Gasteiger partial charge is 0.231 e. The van der Waals surface area contributed by atoms with Crippen molar-refractivity contribution in [3.05, 3.63) is 23.8 Å². The lowest BCUT2D eigenvalue weighted by Crippen LogP contribution is -3.00. The summed E-state index contributed by atoms with van der Waals surface area (Å²) in [6.07, 6.45) is 0. The van der Waals surface area contributed by atoms with Gasteiger partial charge in [0, 0.05) is 5.56 Å². The minimum atomic E-state index is 0. The Morgan fingerprint density at radius 1 is 1.00 bits per heavy atom. The molecule has 0 unspecified atom stereocenters. The van der Waals surface area contributed by atoms with Gasteiger partial charge in [-0.15, -0.1) is 0 Å². The van der Waals surface area contributed by atoms with Gasteiger partial charge in [-0.3, -0.25) is 0 Å². The number of benzene rings is 1. The van der Waals surface area contributed by atoms with E-state index in [9.17, 15) is 0 Å². The van der Waals surface area contributed by atoms with Crippen LogP contribution in [0.15, 0.2) is 18.2 Å². The first-order chi connectivity index (χ1) is 8.23. The number of halogens is 1. The highest BCUT2D eigenvalue weighted by molar-refractivity contribution is 5.44. The van der Waals surface area contributed by atoms with Crippen molar-refractivity contribution >= 4 is 0 Å². The largest absolute Gasteiger partial charge is 1.00 e. The summed E-state index contributed by atoms with van der Waals surface area (Å²) in [5.41, 5.74) is 1.33. The highest BCUT2D eigenvalue weighted by Crippen LogP contribution is 2.33. The van der Waals surface area contributed by atoms with Gasteiger partial charge in [-0.25, -0.2) is 0 Å². The molecule has 4 heteroatoms. The van der Waals surface area contributed by atoms with Crippen molar-refractivity contribution < 1.29 is 26.4 Å². The molecule has 1 aromatic rings. The second-order valence-electron chi connectivity index (χ2n) is 4.64. The van der Waals surface area contributed by atoms with E-state index in [0.717, 1.165) is 22.5 Å². The average molecular weight is 272 g/mol. The fourth-order valence-corrected chi connectivity index (χ4v) is 2.43. The maximum atomic E-state index is 5.43. The molecule has 1 aliphatic rings. The van der Waals surface area contributed by atoms with E-state index in [2.05, 4.69) is 32.9 Å². The number of hydrogen-bond acceptors (Lipinski definition) is 2. The Morgan fingerprint density at radius 3 is 2.22 bits per heavy atom. The van der Waals surface area contributed by atoms with Gasteiger partial charge in [0.1, 0.15) is 6.54 Å². The first kappa shape index (κ1) is 15.1. The quantitative estimate of drug-likeness (QED) is 0.691. The van der Waals surface area contributed by atoms with Gasteiger partial charge in [0.15, 0.2) is 11.5 Å². The molecule has 0 aliphatic carbocycles. The van der Waals surface area contributed by atoms with Crippen molar-refractivity contribution in [1.29, 1.82) is 0 Å². The molecule has 0 saturated heterocycles. The summed E-state index contributed by atoms with van der Waals surface area (Å²) in [7, 11) is 0. The van der Waals surface area contributed by atoms with Gasteiger partial charge in [0.05, 0.1) is 19.6 Å². The minimum absolute atomic E-state index is 0. The number of quaternary nitrogens is 1. The zero-order valence-corrected chi connectivity index (χ0v) is 12.2. The number of hydrogen-bond donors (Lipinski definition) is 0. The van der Waals surface area contributed by atoms with Crippen LogP contribution in [0.2, 0.25) is 0 Å². The SMILES string of the molecule is CC[N+](CC)(CC)Cc1ccc2c(c1)OCO2.[Cl-]. The Bertz CT molecular complexity index is 383. The van der Waals surface area contributed by atoms with Crippen LogP contribution in [0.25, 0.3) is 0 Å². The second-order valence-corrected chi connectivity index (χ2v) is 4.64. The zero-order chi connectivity index (χ0) is 12.3. The Balaban J connectivity index is 0.00000162. The molecule has 0 spiro atoms. The van der Waals surface area contributed by atoms with Crippen molar-refractivity contribution in [3.8, 4) is 11.5 Å². The van der Waals surface area contributed by atoms with Crippen LogP contribution >= 0.6 is 0 Å². The van der Waals surface area contributed by atoms with Gasteiger partial charge in [0.2, 0.25) is 6.79 Å². The topological polar surface area (TPSA) is 18.5 Å². The predicted molar refractivity (Wildman–Crippen MR) is 68.2 cm³/mol. The molecule has 1 heterocycles. The van der Waals surface area contributed by atoms with Crippen molar-refractivity contribution in [2.24, 2.45) is 0 Å². The Labute approximate surface area is 116 Å². The van der Waals surface area contributed by atoms with Gasteiger partial charge in [-0.05, 0) is 39.0 Å². The highest BCUT2D eigenvalue weighted by Gasteiger charge is 2.22. The van der Waals surface area contributed by atoms with Crippen LogP contribution in [-0.2, 0) is 6.54 Å². The van der Waals surface area contributed by atoms with Crippen LogP contribution in [0.5, 0.6) is 11.5 Å². The second kappa shape index (κ2) is 6.30. The lowest BCUT2D eigenvalue weighted by atomic mass is 10.1. The third-order valence-corrected chi connectivity index (χ3v) is 3.97. The summed E-state index contributed by atoms with van der Waals surface area (Å²) >= 11 is 0. The van der Waals surface area contributed by atoms with Crippen molar-refractivity contribution in [2.45, 2.75) is 27.3 Å². The molecular weight excluding hydrogens is 250 g/mol. The fourth-order valence-electron chi connectivity index (χ4n) is 2.43. The van der Waals surface area contributed by atoms with E-state index < -0.39 is 0 Å². The van der Waals surface area contributed by atoms with Crippen molar-refractivity contribution in [1.82, 2.24) is 0 Å². The lowest BCUT2D eigenvalue weighted by molar-refractivity contribution is -0.936. The molecule has 0 aromatic heterocycles. The maximum Gasteiger partial charge on any atom is 0.231 e. The molecule has 0 atom stereocenters. The average Bonchev–Trinajstić information content (AvgIpc) is 2.83. The van der Waals surface area contributed by atoms with Crippen LogP contribution in [0, 0.1) is 0 Å². The summed E-state index contributed by atoms with van der Waals surface area (Å²) in [4.78, 5) is 0. The third-order valence-electron chi connectivity index (χ3n) is 3.97. The van der Waals surface area contributed by atoms with Crippen LogP contribution in [0.1, 0.15) is 26.3 Å². The van der Waals surface area contributed by atoms with Gasteiger partial charge >= 0.3 is 0 Å².